The van der Waals surface area contributed by atoms with Gasteiger partial charge < -0.3 is 30.2 Å². The molecule has 35 heavy (non-hydrogen) atoms. The van der Waals surface area contributed by atoms with E-state index in [1.807, 2.05) is 30.3 Å². The fourth-order valence-electron chi connectivity index (χ4n) is 3.42. The van der Waals surface area contributed by atoms with E-state index in [4.69, 9.17) is 4.74 Å². The molecule has 4 N–H and O–H groups in total. The zero-order valence-electron chi connectivity index (χ0n) is 19.2. The predicted octanol–water partition coefficient (Wildman–Crippen LogP) is 0.611. The van der Waals surface area contributed by atoms with Gasteiger partial charge in [0.2, 0.25) is 5.88 Å². The standard InChI is InChI=1S/C24H28BN5O5/c31-17-24(18-35-22-11-4-5-12-28-22,30-23(32)20-15-26-13-14-27-20)16-29-21(25(33)34)10-6-9-19-7-2-1-3-8-19/h1-5,7-8,11-15,17,21,29,33-34H,6,9-10,16,18H2,(H,30,32)/t21-,24?/m0/s1. The van der Waals surface area contributed by atoms with Crippen LogP contribution in [-0.2, 0) is 11.2 Å². The molecule has 0 saturated carbocycles. The van der Waals surface area contributed by atoms with Crippen LogP contribution in [-0.4, -0.2) is 68.9 Å². The van der Waals surface area contributed by atoms with Crippen molar-refractivity contribution in [2.45, 2.75) is 30.7 Å². The lowest BCUT2D eigenvalue weighted by Crippen LogP contribution is -2.62. The molecule has 0 aliphatic rings. The van der Waals surface area contributed by atoms with Crippen LogP contribution >= 0.6 is 0 Å². The number of nitrogens with one attached hydrogen (secondary N) is 2. The number of hydrogen-bond acceptors (Lipinski definition) is 9. The van der Waals surface area contributed by atoms with E-state index in [1.165, 1.54) is 18.6 Å². The van der Waals surface area contributed by atoms with Crippen molar-refractivity contribution in [2.75, 3.05) is 13.2 Å². The number of carbonyl (C=O) groups excluding carboxylic acids is 2. The average Bonchev–Trinajstić information content (AvgIpc) is 2.90. The van der Waals surface area contributed by atoms with E-state index in [0.717, 1.165) is 12.0 Å². The number of aldehydes is 1. The van der Waals surface area contributed by atoms with Crippen molar-refractivity contribution in [3.05, 3.63) is 84.6 Å². The molecule has 11 heteroatoms. The maximum absolute atomic E-state index is 12.8. The van der Waals surface area contributed by atoms with E-state index in [-0.39, 0.29) is 24.7 Å². The molecule has 3 aromatic rings. The molecule has 1 aromatic carbocycles. The Balaban J connectivity index is 1.69. The Morgan fingerprint density at radius 3 is 2.54 bits per heavy atom. The molecule has 1 unspecified atom stereocenters. The van der Waals surface area contributed by atoms with Crippen molar-refractivity contribution in [1.29, 1.82) is 0 Å². The molecule has 2 aromatic heterocycles. The van der Waals surface area contributed by atoms with Crippen molar-refractivity contribution in [3.8, 4) is 5.88 Å². The first-order valence-corrected chi connectivity index (χ1v) is 11.2. The van der Waals surface area contributed by atoms with E-state index in [9.17, 15) is 19.6 Å². The minimum absolute atomic E-state index is 0.0261. The third-order valence-corrected chi connectivity index (χ3v) is 5.36. The lowest BCUT2D eigenvalue weighted by atomic mass is 9.76. The molecule has 0 fully saturated rings. The topological polar surface area (TPSA) is 147 Å². The fraction of sp³-hybridized carbons (Fsp3) is 0.292. The van der Waals surface area contributed by atoms with Gasteiger partial charge in [0.05, 0.1) is 6.20 Å². The average molecular weight is 477 g/mol. The summed E-state index contributed by atoms with van der Waals surface area (Å²) in [6, 6.07) is 14.9. The van der Waals surface area contributed by atoms with E-state index in [2.05, 4.69) is 25.6 Å². The molecule has 0 radical (unpaired) electrons. The minimum atomic E-state index is -1.66. The summed E-state index contributed by atoms with van der Waals surface area (Å²) in [6.45, 7) is -0.367. The number of pyridine rings is 1. The number of nitrogens with zero attached hydrogens (tertiary/aromatic N) is 3. The fourth-order valence-corrected chi connectivity index (χ4v) is 3.42. The Hall–Kier alpha value is -3.67. The van der Waals surface area contributed by atoms with Crippen molar-refractivity contribution in [2.24, 2.45) is 0 Å². The summed E-state index contributed by atoms with van der Waals surface area (Å²) in [5, 5.41) is 25.5. The third-order valence-electron chi connectivity index (χ3n) is 5.36. The van der Waals surface area contributed by atoms with Gasteiger partial charge >= 0.3 is 7.12 Å². The van der Waals surface area contributed by atoms with Crippen LogP contribution in [0.25, 0.3) is 0 Å². The van der Waals surface area contributed by atoms with E-state index < -0.39 is 24.5 Å². The number of ether oxygens (including phenoxy) is 1. The number of carbonyl (C=O) groups is 2. The number of amides is 1. The van der Waals surface area contributed by atoms with Gasteiger partial charge in [-0.2, -0.15) is 0 Å². The molecule has 2 atom stereocenters. The van der Waals surface area contributed by atoms with Crippen LogP contribution in [0.1, 0.15) is 28.9 Å². The molecule has 1 amide bonds. The van der Waals surface area contributed by atoms with Crippen LogP contribution in [0, 0.1) is 0 Å². The van der Waals surface area contributed by atoms with Gasteiger partial charge in [0.1, 0.15) is 24.1 Å². The molecular formula is C24H28BN5O5. The first-order valence-electron chi connectivity index (χ1n) is 11.2. The maximum atomic E-state index is 12.8. The summed E-state index contributed by atoms with van der Waals surface area (Å²) in [4.78, 5) is 37.0. The smallest absolute Gasteiger partial charge is 0.469 e. The van der Waals surface area contributed by atoms with Crippen molar-refractivity contribution < 1.29 is 24.4 Å². The number of benzene rings is 1. The highest BCUT2D eigenvalue weighted by atomic mass is 16.5. The van der Waals surface area contributed by atoms with Crippen LogP contribution in [0.5, 0.6) is 5.88 Å². The van der Waals surface area contributed by atoms with Gasteiger partial charge in [-0.1, -0.05) is 36.4 Å². The SMILES string of the molecule is O=CC(CN[C@@H](CCCc1ccccc1)B(O)O)(COc1ccccn1)NC(=O)c1cnccn1. The van der Waals surface area contributed by atoms with E-state index >= 15 is 0 Å². The third kappa shape index (κ3) is 8.25. The summed E-state index contributed by atoms with van der Waals surface area (Å²) >= 11 is 0. The van der Waals surface area contributed by atoms with Gasteiger partial charge in [0.15, 0.2) is 0 Å². The van der Waals surface area contributed by atoms with Crippen LogP contribution in [0.2, 0.25) is 0 Å². The summed E-state index contributed by atoms with van der Waals surface area (Å²) in [5.74, 6) is -1.09. The Kier molecular flexibility index (Phi) is 9.85. The largest absolute Gasteiger partial charge is 0.475 e. The molecule has 10 nitrogen and oxygen atoms in total. The van der Waals surface area contributed by atoms with Crippen molar-refractivity contribution >= 4 is 19.3 Å². The second-order valence-electron chi connectivity index (χ2n) is 8.05. The van der Waals surface area contributed by atoms with Gasteiger partial charge in [-0.3, -0.25) is 9.78 Å². The zero-order chi connectivity index (χ0) is 24.9. The summed E-state index contributed by atoms with van der Waals surface area (Å²) in [6.07, 6.45) is 8.05. The molecule has 182 valence electrons. The van der Waals surface area contributed by atoms with Crippen LogP contribution in [0.4, 0.5) is 0 Å². The predicted molar refractivity (Wildman–Crippen MR) is 129 cm³/mol. The summed E-state index contributed by atoms with van der Waals surface area (Å²) in [7, 11) is -1.66. The summed E-state index contributed by atoms with van der Waals surface area (Å²) < 4.78 is 5.67. The second-order valence-corrected chi connectivity index (χ2v) is 8.05. The monoisotopic (exact) mass is 477 g/mol. The highest BCUT2D eigenvalue weighted by molar-refractivity contribution is 6.43. The van der Waals surface area contributed by atoms with Crippen LogP contribution in [0.15, 0.2) is 73.3 Å². The number of hydrogen-bond donors (Lipinski definition) is 4. The highest BCUT2D eigenvalue weighted by Crippen LogP contribution is 2.12. The molecule has 0 aliphatic carbocycles. The first-order chi connectivity index (χ1) is 17.0. The molecule has 0 saturated heterocycles. The normalized spacial score (nSPS) is 13.3. The minimum Gasteiger partial charge on any atom is -0.475 e. The van der Waals surface area contributed by atoms with Gasteiger partial charge in [0.25, 0.3) is 5.91 Å². The molecule has 0 spiro atoms. The highest BCUT2D eigenvalue weighted by Gasteiger charge is 2.36. The number of aromatic nitrogens is 3. The van der Waals surface area contributed by atoms with Crippen molar-refractivity contribution in [3.63, 3.8) is 0 Å². The zero-order valence-corrected chi connectivity index (χ0v) is 19.2. The lowest BCUT2D eigenvalue weighted by molar-refractivity contribution is -0.114. The Bertz CT molecular complexity index is 1050. The number of aryl methyl sites for hydroxylation is 1. The van der Waals surface area contributed by atoms with E-state index in [0.29, 0.717) is 19.1 Å². The molecular weight excluding hydrogens is 449 g/mol. The van der Waals surface area contributed by atoms with Gasteiger partial charge in [0, 0.05) is 37.1 Å². The second kappa shape index (κ2) is 13.3. The van der Waals surface area contributed by atoms with Gasteiger partial charge in [-0.25, -0.2) is 9.97 Å². The molecule has 0 aliphatic heterocycles. The maximum Gasteiger partial charge on any atom is 0.469 e. The van der Waals surface area contributed by atoms with Gasteiger partial charge in [-0.15, -0.1) is 0 Å². The number of rotatable bonds is 14. The van der Waals surface area contributed by atoms with Gasteiger partial charge in [-0.05, 0) is 30.9 Å². The van der Waals surface area contributed by atoms with Crippen molar-refractivity contribution in [1.82, 2.24) is 25.6 Å². The lowest BCUT2D eigenvalue weighted by Gasteiger charge is -2.31. The Morgan fingerprint density at radius 1 is 1.09 bits per heavy atom. The van der Waals surface area contributed by atoms with E-state index in [1.54, 1.807) is 24.4 Å². The molecule has 2 heterocycles. The van der Waals surface area contributed by atoms with Crippen LogP contribution in [0.3, 0.4) is 0 Å². The Morgan fingerprint density at radius 2 is 1.89 bits per heavy atom. The first kappa shape index (κ1) is 25.9. The van der Waals surface area contributed by atoms with Crippen LogP contribution < -0.4 is 15.4 Å². The summed E-state index contributed by atoms with van der Waals surface area (Å²) in [5.41, 5.74) is -0.377. The quantitative estimate of drug-likeness (QED) is 0.194. The molecule has 3 rings (SSSR count). The Labute approximate surface area is 204 Å². The molecule has 0 bridgehead atoms.